The lowest BCUT2D eigenvalue weighted by Crippen LogP contribution is -2.44. The molecule has 0 aliphatic carbocycles. The Morgan fingerprint density at radius 3 is 2.32 bits per heavy atom. The third-order valence-electron chi connectivity index (χ3n) is 3.67. The maximum absolute atomic E-state index is 11.8. The summed E-state index contributed by atoms with van der Waals surface area (Å²) in [5, 5.41) is 9.89. The number of hydrogen-bond acceptors (Lipinski definition) is 4. The van der Waals surface area contributed by atoms with Crippen LogP contribution in [-0.2, 0) is 14.0 Å². The Balaban J connectivity index is 4.76. The minimum Gasteiger partial charge on any atom is -0.466 e. The number of aliphatic hydroxyl groups excluding tert-OH is 1. The first kappa shape index (κ1) is 18.3. The van der Waals surface area contributed by atoms with Crippen molar-refractivity contribution in [3.63, 3.8) is 0 Å². The van der Waals surface area contributed by atoms with Gasteiger partial charge in [-0.25, -0.2) is 0 Å². The lowest BCUT2D eigenvalue weighted by atomic mass is 10.0. The number of ether oxygens (including phenoxy) is 1. The minimum absolute atomic E-state index is 0.0609. The molecule has 1 N–H and O–H groups in total. The maximum Gasteiger partial charge on any atom is 0.314 e. The Kier molecular flexibility index (Phi) is 6.97. The summed E-state index contributed by atoms with van der Waals surface area (Å²) < 4.78 is 10.9. The van der Waals surface area contributed by atoms with Gasteiger partial charge in [0.2, 0.25) is 0 Å². The topological polar surface area (TPSA) is 55.8 Å². The van der Waals surface area contributed by atoms with E-state index in [1.807, 2.05) is 0 Å². The van der Waals surface area contributed by atoms with Gasteiger partial charge in [0, 0.05) is 0 Å². The predicted octanol–water partition coefficient (Wildman–Crippen LogP) is 2.73. The molecule has 2 atom stereocenters. The molecule has 19 heavy (non-hydrogen) atoms. The van der Waals surface area contributed by atoms with Gasteiger partial charge in [0.05, 0.1) is 19.3 Å². The van der Waals surface area contributed by atoms with Crippen LogP contribution in [0.2, 0.25) is 18.1 Å². The molecule has 0 saturated heterocycles. The molecule has 0 aliphatic heterocycles. The highest BCUT2D eigenvalue weighted by molar-refractivity contribution is 6.74. The summed E-state index contributed by atoms with van der Waals surface area (Å²) in [4.78, 5) is 11.8. The van der Waals surface area contributed by atoms with Crippen LogP contribution in [0.5, 0.6) is 0 Å². The first-order valence-corrected chi connectivity index (χ1v) is 9.59. The first-order chi connectivity index (χ1) is 8.56. The molecule has 0 aromatic heterocycles. The van der Waals surface area contributed by atoms with Gasteiger partial charge in [-0.3, -0.25) is 4.79 Å². The normalized spacial score (nSPS) is 15.7. The van der Waals surface area contributed by atoms with Gasteiger partial charge in [-0.2, -0.15) is 0 Å². The zero-order valence-electron chi connectivity index (χ0n) is 13.0. The fraction of sp³-hybridized carbons (Fsp3) is 0.786. The zero-order chi connectivity index (χ0) is 15.3. The Labute approximate surface area is 117 Å². The smallest absolute Gasteiger partial charge is 0.314 e. The Hall–Kier alpha value is -0.653. The monoisotopic (exact) mass is 288 g/mol. The molecule has 0 amide bonds. The van der Waals surface area contributed by atoms with E-state index in [0.717, 1.165) is 0 Å². The number of esters is 1. The molecule has 0 bridgehead atoms. The number of rotatable bonds is 7. The first-order valence-electron chi connectivity index (χ1n) is 6.68. The summed E-state index contributed by atoms with van der Waals surface area (Å²) in [5.74, 6) is -1.14. The molecule has 0 aromatic carbocycles. The molecule has 0 saturated carbocycles. The van der Waals surface area contributed by atoms with Crippen LogP contribution < -0.4 is 0 Å². The van der Waals surface area contributed by atoms with E-state index < -0.39 is 26.3 Å². The van der Waals surface area contributed by atoms with E-state index in [4.69, 9.17) is 9.16 Å². The summed E-state index contributed by atoms with van der Waals surface area (Å²) in [6, 6.07) is 0. The molecule has 0 fully saturated rings. The summed E-state index contributed by atoms with van der Waals surface area (Å²) in [5.41, 5.74) is 0. The fourth-order valence-corrected chi connectivity index (χ4v) is 2.26. The third kappa shape index (κ3) is 5.46. The highest BCUT2D eigenvalue weighted by Crippen LogP contribution is 2.36. The number of hydrogen-bond donors (Lipinski definition) is 1. The molecular formula is C14H28O4Si. The van der Waals surface area contributed by atoms with Crippen LogP contribution in [0.15, 0.2) is 12.7 Å². The molecule has 112 valence electrons. The summed E-state index contributed by atoms with van der Waals surface area (Å²) in [6.45, 7) is 16.3. The highest BCUT2D eigenvalue weighted by atomic mass is 28.4. The van der Waals surface area contributed by atoms with Crippen LogP contribution >= 0.6 is 0 Å². The van der Waals surface area contributed by atoms with Crippen molar-refractivity contribution in [2.24, 2.45) is 5.92 Å². The average molecular weight is 288 g/mol. The fourth-order valence-electron chi connectivity index (χ4n) is 1.23. The minimum atomic E-state index is -1.95. The molecule has 0 aromatic rings. The van der Waals surface area contributed by atoms with E-state index in [2.05, 4.69) is 40.4 Å². The van der Waals surface area contributed by atoms with Crippen LogP contribution in [0, 0.1) is 5.92 Å². The standard InChI is InChI=1S/C14H28O4Si/c1-8-12(15)11(13(16)17-9-2)10-18-19(6,7)14(3,4)5/h8,11-12,15H,1,9-10H2,2-7H3. The number of carbonyl (C=O) groups is 1. The summed E-state index contributed by atoms with van der Waals surface area (Å²) in [7, 11) is -1.95. The predicted molar refractivity (Wildman–Crippen MR) is 79.5 cm³/mol. The van der Waals surface area contributed by atoms with Crippen molar-refractivity contribution in [1.29, 1.82) is 0 Å². The van der Waals surface area contributed by atoms with E-state index >= 15 is 0 Å². The van der Waals surface area contributed by atoms with Crippen molar-refractivity contribution in [2.45, 2.75) is 51.9 Å². The lowest BCUT2D eigenvalue weighted by Gasteiger charge is -2.37. The molecule has 4 nitrogen and oxygen atoms in total. The van der Waals surface area contributed by atoms with Gasteiger partial charge in [0.15, 0.2) is 8.32 Å². The molecule has 0 rings (SSSR count). The second-order valence-electron chi connectivity index (χ2n) is 6.16. The largest absolute Gasteiger partial charge is 0.466 e. The van der Waals surface area contributed by atoms with Crippen LogP contribution in [0.25, 0.3) is 0 Å². The van der Waals surface area contributed by atoms with Crippen LogP contribution in [0.1, 0.15) is 27.7 Å². The van der Waals surface area contributed by atoms with Crippen molar-refractivity contribution in [3.8, 4) is 0 Å². The van der Waals surface area contributed by atoms with E-state index in [1.165, 1.54) is 6.08 Å². The van der Waals surface area contributed by atoms with Gasteiger partial charge in [-0.15, -0.1) is 6.58 Å². The van der Waals surface area contributed by atoms with Gasteiger partial charge >= 0.3 is 5.97 Å². The number of aliphatic hydroxyl groups is 1. The molecule has 0 heterocycles. The van der Waals surface area contributed by atoms with Gasteiger partial charge in [-0.1, -0.05) is 26.8 Å². The summed E-state index contributed by atoms with van der Waals surface area (Å²) >= 11 is 0. The average Bonchev–Trinajstić information content (AvgIpc) is 2.27. The number of carbonyl (C=O) groups excluding carboxylic acids is 1. The third-order valence-corrected chi connectivity index (χ3v) is 8.17. The van der Waals surface area contributed by atoms with Crippen molar-refractivity contribution in [1.82, 2.24) is 0 Å². The second-order valence-corrected chi connectivity index (χ2v) is 11.0. The van der Waals surface area contributed by atoms with Gasteiger partial charge in [0.1, 0.15) is 5.92 Å². The Morgan fingerprint density at radius 2 is 1.95 bits per heavy atom. The van der Waals surface area contributed by atoms with Gasteiger partial charge in [0.25, 0.3) is 0 Å². The van der Waals surface area contributed by atoms with Crippen molar-refractivity contribution < 1.29 is 19.1 Å². The molecule has 0 radical (unpaired) electrons. The lowest BCUT2D eigenvalue weighted by molar-refractivity contribution is -0.152. The van der Waals surface area contributed by atoms with E-state index in [-0.39, 0.29) is 11.6 Å². The molecular weight excluding hydrogens is 260 g/mol. The van der Waals surface area contributed by atoms with Crippen LogP contribution in [-0.4, -0.2) is 38.7 Å². The molecule has 5 heteroatoms. The van der Waals surface area contributed by atoms with Crippen LogP contribution in [0.3, 0.4) is 0 Å². The maximum atomic E-state index is 11.8. The SMILES string of the molecule is C=CC(O)C(CO[Si](C)(C)C(C)(C)C)C(=O)OCC. The van der Waals surface area contributed by atoms with Crippen molar-refractivity contribution in [2.75, 3.05) is 13.2 Å². The van der Waals surface area contributed by atoms with Crippen molar-refractivity contribution >= 4 is 14.3 Å². The van der Waals surface area contributed by atoms with E-state index in [1.54, 1.807) is 6.92 Å². The van der Waals surface area contributed by atoms with Crippen molar-refractivity contribution in [3.05, 3.63) is 12.7 Å². The second kappa shape index (κ2) is 7.22. The quantitative estimate of drug-likeness (QED) is 0.444. The van der Waals surface area contributed by atoms with Gasteiger partial charge < -0.3 is 14.3 Å². The zero-order valence-corrected chi connectivity index (χ0v) is 14.0. The van der Waals surface area contributed by atoms with E-state index in [9.17, 15) is 9.90 Å². The molecule has 0 spiro atoms. The molecule has 2 unspecified atom stereocenters. The Bertz CT molecular complexity index is 307. The summed E-state index contributed by atoms with van der Waals surface area (Å²) in [6.07, 6.45) is 0.403. The molecule has 0 aliphatic rings. The van der Waals surface area contributed by atoms with E-state index in [0.29, 0.717) is 6.61 Å². The van der Waals surface area contributed by atoms with Crippen LogP contribution in [0.4, 0.5) is 0 Å². The Morgan fingerprint density at radius 1 is 1.42 bits per heavy atom. The van der Waals surface area contributed by atoms with Gasteiger partial charge in [-0.05, 0) is 25.1 Å². The highest BCUT2D eigenvalue weighted by Gasteiger charge is 2.39.